The smallest absolute Gasteiger partial charge is 0.159 e. The standard InChI is InChI=1S/C18H20F2N2O/c19-16-7-6-13(10-17(16)20)18(23)12-22-9-8-15(11-22)21-14-4-2-1-3-5-14/h1-7,10,15,18,21,23H,8-9,11-12H2. The summed E-state index contributed by atoms with van der Waals surface area (Å²) in [6.45, 7) is 2.10. The summed E-state index contributed by atoms with van der Waals surface area (Å²) in [6, 6.07) is 13.9. The summed E-state index contributed by atoms with van der Waals surface area (Å²) in [7, 11) is 0. The van der Waals surface area contributed by atoms with Crippen molar-refractivity contribution in [1.29, 1.82) is 0 Å². The number of nitrogens with one attached hydrogen (secondary N) is 1. The van der Waals surface area contributed by atoms with E-state index in [1.54, 1.807) is 0 Å². The number of likely N-dealkylation sites (tertiary alicyclic amines) is 1. The van der Waals surface area contributed by atoms with Gasteiger partial charge in [0.2, 0.25) is 0 Å². The largest absolute Gasteiger partial charge is 0.387 e. The molecule has 2 unspecified atom stereocenters. The molecule has 122 valence electrons. The van der Waals surface area contributed by atoms with Crippen LogP contribution in [0.4, 0.5) is 14.5 Å². The fourth-order valence-corrected chi connectivity index (χ4v) is 2.96. The second-order valence-electron chi connectivity index (χ2n) is 5.94. The van der Waals surface area contributed by atoms with Gasteiger partial charge in [0.05, 0.1) is 6.10 Å². The fraction of sp³-hybridized carbons (Fsp3) is 0.333. The number of aliphatic hydroxyl groups is 1. The second-order valence-corrected chi connectivity index (χ2v) is 5.94. The molecule has 1 aliphatic heterocycles. The van der Waals surface area contributed by atoms with Crippen LogP contribution in [-0.2, 0) is 0 Å². The lowest BCUT2D eigenvalue weighted by atomic mass is 10.1. The van der Waals surface area contributed by atoms with E-state index in [-0.39, 0.29) is 0 Å². The third kappa shape index (κ3) is 4.06. The summed E-state index contributed by atoms with van der Waals surface area (Å²) in [5, 5.41) is 13.7. The van der Waals surface area contributed by atoms with Crippen molar-refractivity contribution in [1.82, 2.24) is 4.90 Å². The highest BCUT2D eigenvalue weighted by molar-refractivity contribution is 5.43. The van der Waals surface area contributed by atoms with Crippen LogP contribution in [0.2, 0.25) is 0 Å². The van der Waals surface area contributed by atoms with Gasteiger partial charge < -0.3 is 10.4 Å². The van der Waals surface area contributed by atoms with E-state index in [1.165, 1.54) is 6.07 Å². The summed E-state index contributed by atoms with van der Waals surface area (Å²) in [5.74, 6) is -1.82. The van der Waals surface area contributed by atoms with E-state index in [9.17, 15) is 13.9 Å². The summed E-state index contributed by atoms with van der Waals surface area (Å²) >= 11 is 0. The molecule has 23 heavy (non-hydrogen) atoms. The van der Waals surface area contributed by atoms with Crippen molar-refractivity contribution in [2.24, 2.45) is 0 Å². The zero-order chi connectivity index (χ0) is 16.2. The fourth-order valence-electron chi connectivity index (χ4n) is 2.96. The summed E-state index contributed by atoms with van der Waals surface area (Å²) in [4.78, 5) is 2.13. The Hall–Kier alpha value is -1.98. The van der Waals surface area contributed by atoms with Gasteiger partial charge in [-0.2, -0.15) is 0 Å². The quantitative estimate of drug-likeness (QED) is 0.889. The number of aliphatic hydroxyl groups excluding tert-OH is 1. The normalized spacial score (nSPS) is 19.7. The first-order valence-electron chi connectivity index (χ1n) is 7.79. The average molecular weight is 318 g/mol. The maximum Gasteiger partial charge on any atom is 0.159 e. The third-order valence-electron chi connectivity index (χ3n) is 4.18. The molecule has 2 N–H and O–H groups in total. The Morgan fingerprint density at radius 1 is 1.13 bits per heavy atom. The van der Waals surface area contributed by atoms with Crippen LogP contribution >= 0.6 is 0 Å². The molecule has 2 atom stereocenters. The molecule has 2 aromatic carbocycles. The Morgan fingerprint density at radius 3 is 2.65 bits per heavy atom. The summed E-state index contributed by atoms with van der Waals surface area (Å²) in [5.41, 5.74) is 1.49. The lowest BCUT2D eigenvalue weighted by Crippen LogP contribution is -2.29. The number of hydrogen-bond acceptors (Lipinski definition) is 3. The molecule has 0 spiro atoms. The van der Waals surface area contributed by atoms with Crippen LogP contribution in [0.25, 0.3) is 0 Å². The van der Waals surface area contributed by atoms with Crippen LogP contribution in [0.3, 0.4) is 0 Å². The third-order valence-corrected chi connectivity index (χ3v) is 4.18. The predicted molar refractivity (Wildman–Crippen MR) is 86.2 cm³/mol. The minimum Gasteiger partial charge on any atom is -0.387 e. The van der Waals surface area contributed by atoms with Crippen molar-refractivity contribution in [3.8, 4) is 0 Å². The molecule has 1 fully saturated rings. The highest BCUT2D eigenvalue weighted by atomic mass is 19.2. The Bertz CT molecular complexity index is 651. The van der Waals surface area contributed by atoms with Crippen LogP contribution in [0.5, 0.6) is 0 Å². The molecule has 0 aliphatic carbocycles. The maximum absolute atomic E-state index is 13.2. The number of nitrogens with zero attached hydrogens (tertiary/aromatic N) is 1. The van der Waals surface area contributed by atoms with Crippen molar-refractivity contribution < 1.29 is 13.9 Å². The monoisotopic (exact) mass is 318 g/mol. The Balaban J connectivity index is 1.54. The molecule has 1 saturated heterocycles. The van der Waals surface area contributed by atoms with Gasteiger partial charge in [-0.05, 0) is 36.2 Å². The van der Waals surface area contributed by atoms with Crippen molar-refractivity contribution in [3.05, 3.63) is 65.7 Å². The summed E-state index contributed by atoms with van der Waals surface area (Å²) in [6.07, 6.45) is 0.167. The lowest BCUT2D eigenvalue weighted by Gasteiger charge is -2.21. The highest BCUT2D eigenvalue weighted by Crippen LogP contribution is 2.21. The average Bonchev–Trinajstić information content (AvgIpc) is 2.98. The number of benzene rings is 2. The molecule has 0 bridgehead atoms. The number of halogens is 2. The Labute approximate surface area is 134 Å². The number of β-amino-alcohol motifs (C(OH)–C–C–N with tert-alkyl or cyclic N) is 1. The van der Waals surface area contributed by atoms with Crippen LogP contribution in [0.1, 0.15) is 18.1 Å². The van der Waals surface area contributed by atoms with E-state index in [0.29, 0.717) is 18.2 Å². The number of anilines is 1. The lowest BCUT2D eigenvalue weighted by molar-refractivity contribution is 0.125. The van der Waals surface area contributed by atoms with Gasteiger partial charge in [0.1, 0.15) is 0 Å². The molecule has 0 saturated carbocycles. The van der Waals surface area contributed by atoms with E-state index in [0.717, 1.165) is 37.3 Å². The molecular formula is C18H20F2N2O. The number of para-hydroxylation sites is 1. The van der Waals surface area contributed by atoms with Crippen molar-refractivity contribution >= 4 is 5.69 Å². The Morgan fingerprint density at radius 2 is 1.91 bits per heavy atom. The zero-order valence-corrected chi connectivity index (χ0v) is 12.8. The van der Waals surface area contributed by atoms with Gasteiger partial charge in [0.25, 0.3) is 0 Å². The van der Waals surface area contributed by atoms with Crippen molar-refractivity contribution in [2.75, 3.05) is 25.0 Å². The summed E-state index contributed by atoms with van der Waals surface area (Å²) < 4.78 is 26.2. The highest BCUT2D eigenvalue weighted by Gasteiger charge is 2.24. The second kappa shape index (κ2) is 7.06. The van der Waals surface area contributed by atoms with Gasteiger partial charge >= 0.3 is 0 Å². The minimum absolute atomic E-state index is 0.328. The molecule has 3 rings (SSSR count). The molecule has 2 aromatic rings. The molecule has 5 heteroatoms. The van der Waals surface area contributed by atoms with Gasteiger partial charge in [0.15, 0.2) is 11.6 Å². The first-order valence-corrected chi connectivity index (χ1v) is 7.79. The van der Waals surface area contributed by atoms with E-state index in [4.69, 9.17) is 0 Å². The van der Waals surface area contributed by atoms with Crippen molar-refractivity contribution in [3.63, 3.8) is 0 Å². The van der Waals surface area contributed by atoms with E-state index in [2.05, 4.69) is 10.2 Å². The van der Waals surface area contributed by atoms with Crippen LogP contribution in [0, 0.1) is 11.6 Å². The van der Waals surface area contributed by atoms with E-state index < -0.39 is 17.7 Å². The topological polar surface area (TPSA) is 35.5 Å². The van der Waals surface area contributed by atoms with Gasteiger partial charge in [-0.25, -0.2) is 8.78 Å². The van der Waals surface area contributed by atoms with Gasteiger partial charge in [0, 0.05) is 31.4 Å². The first-order chi connectivity index (χ1) is 11.1. The number of rotatable bonds is 5. The van der Waals surface area contributed by atoms with Crippen molar-refractivity contribution in [2.45, 2.75) is 18.6 Å². The molecule has 0 amide bonds. The van der Waals surface area contributed by atoms with Crippen LogP contribution in [0.15, 0.2) is 48.5 Å². The van der Waals surface area contributed by atoms with Gasteiger partial charge in [-0.1, -0.05) is 24.3 Å². The zero-order valence-electron chi connectivity index (χ0n) is 12.8. The molecular weight excluding hydrogens is 298 g/mol. The Kier molecular flexibility index (Phi) is 4.88. The molecule has 0 aromatic heterocycles. The molecule has 3 nitrogen and oxygen atoms in total. The van der Waals surface area contributed by atoms with Crippen LogP contribution in [-0.4, -0.2) is 35.7 Å². The van der Waals surface area contributed by atoms with E-state index >= 15 is 0 Å². The SMILES string of the molecule is OC(CN1CCC(Nc2ccccc2)C1)c1ccc(F)c(F)c1. The maximum atomic E-state index is 13.2. The van der Waals surface area contributed by atoms with E-state index in [1.807, 2.05) is 30.3 Å². The predicted octanol–water partition coefficient (Wildman–Crippen LogP) is 3.18. The van der Waals surface area contributed by atoms with Gasteiger partial charge in [-0.15, -0.1) is 0 Å². The van der Waals surface area contributed by atoms with Crippen LogP contribution < -0.4 is 5.32 Å². The molecule has 1 heterocycles. The molecule has 0 radical (unpaired) electrons. The minimum atomic E-state index is -0.924. The molecule has 1 aliphatic rings. The van der Waals surface area contributed by atoms with Gasteiger partial charge in [-0.3, -0.25) is 4.90 Å². The number of hydrogen-bond donors (Lipinski definition) is 2. The first kappa shape index (κ1) is 15.9.